The SMILES string of the molecule is Clc1ccc(CN(CCn2ccnc2)CCn2ccnc2)cc1Cl.O=[N+]([O-])O.O=[N+]([O-])O.O=[N+]([O-])O. The predicted molar refractivity (Wildman–Crippen MR) is 123 cm³/mol. The Morgan fingerprint density at radius 1 is 0.806 bits per heavy atom. The molecule has 2 heterocycles. The highest BCUT2D eigenvalue weighted by atomic mass is 35.5. The monoisotopic (exact) mass is 552 g/mol. The van der Waals surface area contributed by atoms with Gasteiger partial charge in [-0.1, -0.05) is 29.3 Å². The topological polar surface area (TPSA) is 229 Å². The summed E-state index contributed by atoms with van der Waals surface area (Å²) < 4.78 is 4.16. The first kappa shape index (κ1) is 31.8. The molecule has 3 rings (SSSR count). The molecule has 3 aromatic rings. The third kappa shape index (κ3) is 18.2. The molecule has 0 unspecified atom stereocenters. The van der Waals surface area contributed by atoms with Crippen molar-refractivity contribution in [1.29, 1.82) is 0 Å². The van der Waals surface area contributed by atoms with E-state index in [1.54, 1.807) is 12.4 Å². The summed E-state index contributed by atoms with van der Waals surface area (Å²) in [6, 6.07) is 5.81. The molecule has 0 aliphatic carbocycles. The zero-order chi connectivity index (χ0) is 27.5. The zero-order valence-corrected chi connectivity index (χ0v) is 19.9. The van der Waals surface area contributed by atoms with Crippen LogP contribution >= 0.6 is 23.2 Å². The van der Waals surface area contributed by atoms with Crippen molar-refractivity contribution in [3.63, 3.8) is 0 Å². The lowest BCUT2D eigenvalue weighted by Gasteiger charge is -2.23. The average Bonchev–Trinajstić information content (AvgIpc) is 3.46. The summed E-state index contributed by atoms with van der Waals surface area (Å²) in [5.74, 6) is 0. The number of imidazole rings is 2. The number of aromatic nitrogens is 4. The zero-order valence-electron chi connectivity index (χ0n) is 18.4. The molecule has 0 fully saturated rings. The lowest BCUT2D eigenvalue weighted by Crippen LogP contribution is -2.30. The Kier molecular flexibility index (Phi) is 16.0. The van der Waals surface area contributed by atoms with Crippen LogP contribution in [0.25, 0.3) is 0 Å². The Morgan fingerprint density at radius 3 is 1.56 bits per heavy atom. The van der Waals surface area contributed by atoms with Crippen LogP contribution in [0.5, 0.6) is 0 Å². The molecule has 198 valence electrons. The third-order valence-corrected chi connectivity index (χ3v) is 4.60. The summed E-state index contributed by atoms with van der Waals surface area (Å²) >= 11 is 12.1. The van der Waals surface area contributed by atoms with Crippen LogP contribution in [0.1, 0.15) is 5.56 Å². The molecular formula is C17H22Cl2N8O9. The van der Waals surface area contributed by atoms with Gasteiger partial charge in [0.2, 0.25) is 0 Å². The first-order valence-electron chi connectivity index (χ1n) is 9.48. The number of benzene rings is 1. The second-order valence-electron chi connectivity index (χ2n) is 6.34. The molecule has 0 amide bonds. The molecule has 0 saturated heterocycles. The van der Waals surface area contributed by atoms with Crippen LogP contribution in [0.3, 0.4) is 0 Å². The average molecular weight is 553 g/mol. The molecule has 0 radical (unpaired) electrons. The van der Waals surface area contributed by atoms with Gasteiger partial charge in [-0.15, -0.1) is 30.3 Å². The van der Waals surface area contributed by atoms with Crippen LogP contribution in [0.2, 0.25) is 10.0 Å². The fraction of sp³-hybridized carbons (Fsp3) is 0.294. The molecule has 36 heavy (non-hydrogen) atoms. The highest BCUT2D eigenvalue weighted by Gasteiger charge is 2.08. The van der Waals surface area contributed by atoms with Gasteiger partial charge in [-0.2, -0.15) is 0 Å². The Bertz CT molecular complexity index is 960. The van der Waals surface area contributed by atoms with Crippen molar-refractivity contribution >= 4 is 23.2 Å². The normalized spacial score (nSPS) is 9.53. The quantitative estimate of drug-likeness (QED) is 0.270. The van der Waals surface area contributed by atoms with Crippen molar-refractivity contribution in [1.82, 2.24) is 24.0 Å². The Balaban J connectivity index is 0.000000857. The lowest BCUT2D eigenvalue weighted by atomic mass is 10.2. The van der Waals surface area contributed by atoms with Crippen molar-refractivity contribution in [3.8, 4) is 0 Å². The van der Waals surface area contributed by atoms with Crippen LogP contribution in [0.15, 0.2) is 55.6 Å². The maximum absolute atomic E-state index is 8.36. The van der Waals surface area contributed by atoms with Crippen molar-refractivity contribution in [2.75, 3.05) is 13.1 Å². The van der Waals surface area contributed by atoms with Gasteiger partial charge >= 0.3 is 0 Å². The van der Waals surface area contributed by atoms with E-state index in [-0.39, 0.29) is 0 Å². The number of halogens is 2. The van der Waals surface area contributed by atoms with E-state index in [1.165, 1.54) is 0 Å². The van der Waals surface area contributed by atoms with E-state index in [0.29, 0.717) is 10.0 Å². The van der Waals surface area contributed by atoms with E-state index in [9.17, 15) is 0 Å². The molecule has 19 heteroatoms. The van der Waals surface area contributed by atoms with Gasteiger partial charge in [0, 0.05) is 57.5 Å². The summed E-state index contributed by atoms with van der Waals surface area (Å²) in [5.41, 5.74) is 1.15. The molecule has 2 aromatic heterocycles. The second kappa shape index (κ2) is 18.2. The molecule has 0 aliphatic heterocycles. The van der Waals surface area contributed by atoms with Crippen molar-refractivity contribution in [3.05, 3.63) is 102 Å². The largest absolute Gasteiger partial charge is 0.336 e. The smallest absolute Gasteiger partial charge is 0.291 e. The molecule has 17 nitrogen and oxygen atoms in total. The minimum atomic E-state index is -1.50. The van der Waals surface area contributed by atoms with Crippen LogP contribution in [-0.2, 0) is 19.6 Å². The molecule has 0 bridgehead atoms. The first-order chi connectivity index (χ1) is 16.9. The van der Waals surface area contributed by atoms with Gasteiger partial charge in [0.15, 0.2) is 0 Å². The van der Waals surface area contributed by atoms with Crippen LogP contribution in [0, 0.1) is 30.3 Å². The Labute approximate surface area is 212 Å². The molecule has 3 N–H and O–H groups in total. The van der Waals surface area contributed by atoms with Gasteiger partial charge in [-0.3, -0.25) is 4.90 Å². The third-order valence-electron chi connectivity index (χ3n) is 3.86. The van der Waals surface area contributed by atoms with E-state index >= 15 is 0 Å². The molecule has 0 saturated carbocycles. The van der Waals surface area contributed by atoms with E-state index in [0.717, 1.165) is 38.3 Å². The van der Waals surface area contributed by atoms with E-state index in [4.69, 9.17) is 69.2 Å². The van der Waals surface area contributed by atoms with E-state index in [1.807, 2.05) is 43.2 Å². The molecule has 0 spiro atoms. The predicted octanol–water partition coefficient (Wildman–Crippen LogP) is 2.55. The summed E-state index contributed by atoms with van der Waals surface area (Å²) in [6.07, 6.45) is 11.2. The van der Waals surface area contributed by atoms with Gasteiger partial charge in [-0.25, -0.2) is 9.97 Å². The van der Waals surface area contributed by atoms with Crippen molar-refractivity contribution < 1.29 is 30.9 Å². The van der Waals surface area contributed by atoms with Crippen LogP contribution < -0.4 is 0 Å². The summed E-state index contributed by atoms with van der Waals surface area (Å²) in [5, 5.41) is 42.1. The van der Waals surface area contributed by atoms with Gasteiger partial charge in [0.1, 0.15) is 0 Å². The molecule has 0 aliphatic rings. The minimum absolute atomic E-state index is 0.587. The number of hydrogen-bond acceptors (Lipinski definition) is 9. The Morgan fingerprint density at radius 2 is 1.22 bits per heavy atom. The van der Waals surface area contributed by atoms with Gasteiger partial charge in [0.25, 0.3) is 15.3 Å². The minimum Gasteiger partial charge on any atom is -0.336 e. The highest BCUT2D eigenvalue weighted by molar-refractivity contribution is 6.42. The Hall–Kier alpha value is -4.22. The summed E-state index contributed by atoms with van der Waals surface area (Å²) in [7, 11) is 0. The maximum atomic E-state index is 8.36. The highest BCUT2D eigenvalue weighted by Crippen LogP contribution is 2.23. The van der Waals surface area contributed by atoms with Gasteiger partial charge in [-0.05, 0) is 17.7 Å². The molecule has 1 aromatic carbocycles. The summed E-state index contributed by atoms with van der Waals surface area (Å²) in [6.45, 7) is 4.45. The van der Waals surface area contributed by atoms with Crippen molar-refractivity contribution in [2.24, 2.45) is 0 Å². The van der Waals surface area contributed by atoms with Crippen LogP contribution in [-0.4, -0.2) is 68.0 Å². The molecule has 0 atom stereocenters. The maximum Gasteiger partial charge on any atom is 0.291 e. The number of hydrogen-bond donors (Lipinski definition) is 3. The molecular weight excluding hydrogens is 531 g/mol. The standard InChI is InChI=1S/C17H19Cl2N5.3HNO3/c18-16-2-1-15(11-17(16)19)12-22(7-9-23-5-3-20-13-23)8-10-24-6-4-21-14-24;3*2-1(3)4/h1-6,11,13-14H,7-10,12H2;3*(H,2,3,4). The fourth-order valence-corrected chi connectivity index (χ4v) is 2.84. The first-order valence-corrected chi connectivity index (χ1v) is 10.2. The fourth-order valence-electron chi connectivity index (χ4n) is 2.52. The number of nitrogens with zero attached hydrogens (tertiary/aromatic N) is 8. The van der Waals surface area contributed by atoms with E-state index < -0.39 is 15.3 Å². The van der Waals surface area contributed by atoms with E-state index in [2.05, 4.69) is 24.0 Å². The summed E-state index contributed by atoms with van der Waals surface area (Å²) in [4.78, 5) is 35.7. The van der Waals surface area contributed by atoms with Gasteiger partial charge < -0.3 is 24.8 Å². The van der Waals surface area contributed by atoms with Crippen molar-refractivity contribution in [2.45, 2.75) is 19.6 Å². The van der Waals surface area contributed by atoms with Gasteiger partial charge in [0.05, 0.1) is 22.7 Å². The van der Waals surface area contributed by atoms with Crippen LogP contribution in [0.4, 0.5) is 0 Å². The second-order valence-corrected chi connectivity index (χ2v) is 7.15. The lowest BCUT2D eigenvalue weighted by molar-refractivity contribution is -0.742. The number of rotatable bonds is 8.